The number of aromatic amines is 1. The minimum Gasteiger partial charge on any atom is -0.508 e. The molecule has 34 heavy (non-hydrogen) atoms. The molecule has 1 amide bonds. The lowest BCUT2D eigenvalue weighted by molar-refractivity contribution is 0.0696. The summed E-state index contributed by atoms with van der Waals surface area (Å²) in [6.07, 6.45) is 5.32. The van der Waals surface area contributed by atoms with Crippen LogP contribution in [-0.4, -0.2) is 48.7 Å². The predicted octanol–water partition coefficient (Wildman–Crippen LogP) is 2.15. The van der Waals surface area contributed by atoms with Gasteiger partial charge in [-0.25, -0.2) is 4.79 Å². The average molecular weight is 458 g/mol. The number of ether oxygens (including phenoxy) is 1. The molecule has 0 saturated carbocycles. The number of rotatable bonds is 5. The Morgan fingerprint density at radius 3 is 2.74 bits per heavy atom. The molecule has 3 aromatic rings. The fourth-order valence-corrected chi connectivity index (χ4v) is 3.89. The summed E-state index contributed by atoms with van der Waals surface area (Å²) in [5, 5.41) is 42.6. The quantitative estimate of drug-likeness (QED) is 0.389. The summed E-state index contributed by atoms with van der Waals surface area (Å²) in [7, 11) is 0. The van der Waals surface area contributed by atoms with Gasteiger partial charge in [0.2, 0.25) is 0 Å². The monoisotopic (exact) mass is 458 g/mol. The van der Waals surface area contributed by atoms with Gasteiger partial charge in [-0.2, -0.15) is 15.4 Å². The third-order valence-electron chi connectivity index (χ3n) is 5.45. The molecule has 0 radical (unpaired) electrons. The van der Waals surface area contributed by atoms with Gasteiger partial charge in [0.15, 0.2) is 0 Å². The highest BCUT2D eigenvalue weighted by Gasteiger charge is 2.29. The molecule has 10 nitrogen and oxygen atoms in total. The summed E-state index contributed by atoms with van der Waals surface area (Å²) >= 11 is 0. The first-order chi connectivity index (χ1) is 16.4. The zero-order valence-corrected chi connectivity index (χ0v) is 17.5. The second-order valence-electron chi connectivity index (χ2n) is 7.66. The normalized spacial score (nSPS) is 16.3. The van der Waals surface area contributed by atoms with E-state index in [1.807, 2.05) is 0 Å². The Balaban J connectivity index is 1.60. The number of aromatic hydroxyl groups is 1. The van der Waals surface area contributed by atoms with E-state index in [0.717, 1.165) is 0 Å². The van der Waals surface area contributed by atoms with Gasteiger partial charge in [-0.1, -0.05) is 18.2 Å². The van der Waals surface area contributed by atoms with Crippen molar-refractivity contribution >= 4 is 17.4 Å². The third-order valence-corrected chi connectivity index (χ3v) is 5.45. The molecule has 2 aromatic carbocycles. The van der Waals surface area contributed by atoms with Gasteiger partial charge in [-0.05, 0) is 35.9 Å². The van der Waals surface area contributed by atoms with Crippen LogP contribution in [0.4, 0.5) is 0 Å². The lowest BCUT2D eigenvalue weighted by Gasteiger charge is -2.28. The predicted molar refractivity (Wildman–Crippen MR) is 119 cm³/mol. The highest BCUT2D eigenvalue weighted by Crippen LogP contribution is 2.45. The molecule has 5 rings (SSSR count). The number of phenols is 1. The molecule has 170 valence electrons. The molecule has 5 N–H and O–H groups in total. The van der Waals surface area contributed by atoms with E-state index < -0.39 is 18.0 Å². The fraction of sp³-hybridized carbons (Fsp3) is 0.0833. The molecule has 1 aliphatic carbocycles. The highest BCUT2D eigenvalue weighted by molar-refractivity contribution is 6.03. The van der Waals surface area contributed by atoms with Crippen LogP contribution in [0.5, 0.6) is 11.5 Å². The molecule has 0 fully saturated rings. The smallest absolute Gasteiger partial charge is 0.336 e. The van der Waals surface area contributed by atoms with Crippen LogP contribution in [0.25, 0.3) is 5.57 Å². The molecule has 1 atom stereocenters. The summed E-state index contributed by atoms with van der Waals surface area (Å²) in [5.41, 5.74) is 2.66. The number of phenolic OH excluding ortho intramolecular Hbond substituents is 1. The number of carbonyl (C=O) groups excluding carboxylic acids is 1. The molecule has 2 heterocycles. The number of hydrogen-bond donors (Lipinski definition) is 5. The van der Waals surface area contributed by atoms with Crippen LogP contribution in [-0.2, 0) is 6.54 Å². The van der Waals surface area contributed by atoms with Gasteiger partial charge in [0, 0.05) is 28.3 Å². The third kappa shape index (κ3) is 3.82. The molecule has 1 unspecified atom stereocenters. The zero-order valence-electron chi connectivity index (χ0n) is 17.5. The van der Waals surface area contributed by atoms with E-state index in [-0.39, 0.29) is 23.4 Å². The number of amides is 1. The summed E-state index contributed by atoms with van der Waals surface area (Å²) in [4.78, 5) is 24.9. The summed E-state index contributed by atoms with van der Waals surface area (Å²) in [6.45, 7) is 0.129. The van der Waals surface area contributed by atoms with Crippen molar-refractivity contribution in [3.05, 3.63) is 100 Å². The van der Waals surface area contributed by atoms with Crippen molar-refractivity contribution in [2.24, 2.45) is 0 Å². The van der Waals surface area contributed by atoms with E-state index in [4.69, 9.17) is 4.74 Å². The maximum atomic E-state index is 12.6. The van der Waals surface area contributed by atoms with Gasteiger partial charge in [0.1, 0.15) is 23.0 Å². The van der Waals surface area contributed by atoms with E-state index >= 15 is 0 Å². The molecule has 0 spiro atoms. The highest BCUT2D eigenvalue weighted by atomic mass is 16.5. The second-order valence-corrected chi connectivity index (χ2v) is 7.66. The van der Waals surface area contributed by atoms with Gasteiger partial charge >= 0.3 is 5.97 Å². The average Bonchev–Trinajstić information content (AvgIpc) is 3.34. The van der Waals surface area contributed by atoms with Crippen LogP contribution in [0.1, 0.15) is 37.5 Å². The number of aromatic carboxylic acids is 1. The molecular formula is C24H18N4O6. The summed E-state index contributed by atoms with van der Waals surface area (Å²) < 4.78 is 5.88. The number of allylic oxidation sites excluding steroid dienone is 1. The van der Waals surface area contributed by atoms with Crippen LogP contribution in [0.3, 0.4) is 0 Å². The van der Waals surface area contributed by atoms with E-state index in [0.29, 0.717) is 39.5 Å². The SMILES string of the molecule is O=C(NCc1cn[nH]n1)c1ccc(C2=C3C=CC(O)C=C3Oc3cc(O)ccc32)c(C(=O)O)c1. The standard InChI is InChI=1S/C24H18N4O6/c29-14-2-5-17-20(8-14)34-21-9-15(30)3-6-18(21)22(17)16-4-1-12(7-19(16)24(32)33)23(31)25-10-13-11-26-28-27-13/h1-9,11,14,29-30H,10H2,(H,25,31)(H,32,33)(H,26,27,28). The maximum Gasteiger partial charge on any atom is 0.336 e. The Bertz CT molecular complexity index is 1400. The van der Waals surface area contributed by atoms with Gasteiger partial charge in [-0.15, -0.1) is 0 Å². The molecule has 1 aliphatic heterocycles. The van der Waals surface area contributed by atoms with Crippen molar-refractivity contribution in [3.63, 3.8) is 0 Å². The Labute approximate surface area is 192 Å². The zero-order chi connectivity index (χ0) is 23.8. The van der Waals surface area contributed by atoms with Crippen LogP contribution in [0.15, 0.2) is 72.2 Å². The number of carboxylic acids is 1. The Kier molecular flexibility index (Phi) is 5.19. The number of benzene rings is 2. The minimum atomic E-state index is -1.22. The van der Waals surface area contributed by atoms with Crippen molar-refractivity contribution in [3.8, 4) is 11.5 Å². The first-order valence-corrected chi connectivity index (χ1v) is 10.3. The molecule has 2 aliphatic rings. The molecule has 0 bridgehead atoms. The largest absolute Gasteiger partial charge is 0.508 e. The minimum absolute atomic E-state index is 0.0216. The number of hydrogen-bond acceptors (Lipinski definition) is 7. The van der Waals surface area contributed by atoms with E-state index in [1.54, 1.807) is 24.3 Å². The Morgan fingerprint density at radius 2 is 1.97 bits per heavy atom. The van der Waals surface area contributed by atoms with Crippen molar-refractivity contribution in [2.75, 3.05) is 0 Å². The number of fused-ring (bicyclic) bond motifs is 2. The number of carbonyl (C=O) groups is 2. The number of nitrogens with one attached hydrogen (secondary N) is 2. The fourth-order valence-electron chi connectivity index (χ4n) is 3.89. The van der Waals surface area contributed by atoms with E-state index in [2.05, 4.69) is 20.7 Å². The van der Waals surface area contributed by atoms with Gasteiger partial charge < -0.3 is 25.4 Å². The number of aliphatic hydroxyl groups excluding tert-OH is 1. The van der Waals surface area contributed by atoms with Crippen LogP contribution in [0, 0.1) is 0 Å². The number of aromatic nitrogens is 3. The second kappa shape index (κ2) is 8.34. The molecular weight excluding hydrogens is 440 g/mol. The Morgan fingerprint density at radius 1 is 1.15 bits per heavy atom. The van der Waals surface area contributed by atoms with Crippen molar-refractivity contribution < 1.29 is 29.6 Å². The van der Waals surface area contributed by atoms with Crippen molar-refractivity contribution in [2.45, 2.75) is 12.6 Å². The number of carboxylic acid groups (broad SMARTS) is 1. The van der Waals surface area contributed by atoms with Crippen LogP contribution < -0.4 is 10.1 Å². The lowest BCUT2D eigenvalue weighted by atomic mass is 9.85. The van der Waals surface area contributed by atoms with E-state index in [9.17, 15) is 24.9 Å². The molecule has 0 saturated heterocycles. The summed E-state index contributed by atoms with van der Waals surface area (Å²) in [6, 6.07) is 8.94. The van der Waals surface area contributed by atoms with Crippen molar-refractivity contribution in [1.82, 2.24) is 20.7 Å². The summed E-state index contributed by atoms with van der Waals surface area (Å²) in [5.74, 6) is -1.04. The maximum absolute atomic E-state index is 12.6. The number of aliphatic hydroxyl groups is 1. The van der Waals surface area contributed by atoms with Crippen molar-refractivity contribution in [1.29, 1.82) is 0 Å². The Hall–Kier alpha value is -4.70. The molecule has 10 heteroatoms. The van der Waals surface area contributed by atoms with Gasteiger partial charge in [0.05, 0.1) is 24.4 Å². The first-order valence-electron chi connectivity index (χ1n) is 10.3. The molecule has 1 aromatic heterocycles. The number of nitrogens with zero attached hydrogens (tertiary/aromatic N) is 2. The topological polar surface area (TPSA) is 158 Å². The van der Waals surface area contributed by atoms with Crippen LogP contribution >= 0.6 is 0 Å². The first kappa shape index (κ1) is 21.2. The number of H-pyrrole nitrogens is 1. The lowest BCUT2D eigenvalue weighted by Crippen LogP contribution is -2.23. The van der Waals surface area contributed by atoms with Gasteiger partial charge in [-0.3, -0.25) is 4.79 Å². The van der Waals surface area contributed by atoms with Crippen LogP contribution in [0.2, 0.25) is 0 Å². The van der Waals surface area contributed by atoms with E-state index in [1.165, 1.54) is 36.5 Å². The van der Waals surface area contributed by atoms with Gasteiger partial charge in [0.25, 0.3) is 5.91 Å².